The second kappa shape index (κ2) is 9.47. The van der Waals surface area contributed by atoms with Crippen molar-refractivity contribution >= 4 is 10.0 Å². The highest BCUT2D eigenvalue weighted by atomic mass is 32.2. The number of ether oxygens (including phenoxy) is 2. The van der Waals surface area contributed by atoms with Crippen LogP contribution >= 0.6 is 0 Å². The number of methoxy groups -OCH3 is 1. The maximum Gasteiger partial charge on any atom is 0.215 e. The Labute approximate surface area is 125 Å². The summed E-state index contributed by atoms with van der Waals surface area (Å²) >= 11 is 0. The topological polar surface area (TPSA) is 88.4 Å². The van der Waals surface area contributed by atoms with Gasteiger partial charge in [0, 0.05) is 20.3 Å². The van der Waals surface area contributed by atoms with Crippen molar-refractivity contribution < 1.29 is 17.9 Å². The summed E-state index contributed by atoms with van der Waals surface area (Å²) in [6.07, 6.45) is 0.607. The zero-order valence-electron chi connectivity index (χ0n) is 12.0. The molecular formula is C14H20N2O4S. The van der Waals surface area contributed by atoms with E-state index in [-0.39, 0.29) is 5.75 Å². The first-order chi connectivity index (χ1) is 10.1. The molecule has 0 atom stereocenters. The Hall–Kier alpha value is -1.46. The normalized spacial score (nSPS) is 11.2. The number of nitrogens with one attached hydrogen (secondary N) is 1. The quantitative estimate of drug-likeness (QED) is 0.652. The van der Waals surface area contributed by atoms with E-state index in [4.69, 9.17) is 14.7 Å². The predicted molar refractivity (Wildman–Crippen MR) is 79.1 cm³/mol. The summed E-state index contributed by atoms with van der Waals surface area (Å²) in [6, 6.07) is 8.49. The van der Waals surface area contributed by atoms with Crippen molar-refractivity contribution in [3.63, 3.8) is 0 Å². The van der Waals surface area contributed by atoms with Crippen molar-refractivity contribution in [3.8, 4) is 6.07 Å². The summed E-state index contributed by atoms with van der Waals surface area (Å²) in [4.78, 5) is 0. The zero-order chi connectivity index (χ0) is 15.6. The standard InChI is InChI=1S/C14H20N2O4S/c1-19-9-10-20-8-2-7-16-21(17,18)12-14-5-3-13(11-15)4-6-14/h3-6,16H,2,7-10,12H2,1H3. The molecule has 0 saturated carbocycles. The van der Waals surface area contributed by atoms with Crippen molar-refractivity contribution in [3.05, 3.63) is 35.4 Å². The van der Waals surface area contributed by atoms with E-state index in [9.17, 15) is 8.42 Å². The predicted octanol–water partition coefficient (Wildman–Crippen LogP) is 1.03. The molecule has 0 fully saturated rings. The molecule has 0 aliphatic rings. The fourth-order valence-electron chi connectivity index (χ4n) is 1.59. The maximum atomic E-state index is 11.9. The highest BCUT2D eigenvalue weighted by Crippen LogP contribution is 2.07. The Morgan fingerprint density at radius 1 is 1.19 bits per heavy atom. The van der Waals surface area contributed by atoms with Crippen LogP contribution < -0.4 is 4.72 Å². The van der Waals surface area contributed by atoms with E-state index < -0.39 is 10.0 Å². The van der Waals surface area contributed by atoms with Crippen molar-refractivity contribution in [2.75, 3.05) is 33.5 Å². The molecule has 0 heterocycles. The molecule has 0 radical (unpaired) electrons. The van der Waals surface area contributed by atoms with Gasteiger partial charge in [0.2, 0.25) is 10.0 Å². The summed E-state index contributed by atoms with van der Waals surface area (Å²) in [5.74, 6) is -0.0940. The molecule has 1 aromatic rings. The lowest BCUT2D eigenvalue weighted by molar-refractivity contribution is 0.0699. The molecule has 0 saturated heterocycles. The van der Waals surface area contributed by atoms with Crippen molar-refractivity contribution in [2.45, 2.75) is 12.2 Å². The molecule has 6 nitrogen and oxygen atoms in total. The number of rotatable bonds is 10. The minimum atomic E-state index is -3.36. The van der Waals surface area contributed by atoms with Gasteiger partial charge in [0.25, 0.3) is 0 Å². The highest BCUT2D eigenvalue weighted by Gasteiger charge is 2.10. The summed E-state index contributed by atoms with van der Waals surface area (Å²) in [6.45, 7) is 1.87. The average Bonchev–Trinajstić information content (AvgIpc) is 2.46. The minimum Gasteiger partial charge on any atom is -0.382 e. The van der Waals surface area contributed by atoms with E-state index in [0.717, 1.165) is 0 Å². The second-order valence-corrected chi connectivity index (χ2v) is 6.23. The van der Waals surface area contributed by atoms with Gasteiger partial charge in [-0.05, 0) is 24.1 Å². The van der Waals surface area contributed by atoms with Crippen LogP contribution in [0.4, 0.5) is 0 Å². The van der Waals surface area contributed by atoms with Crippen LogP contribution in [0.1, 0.15) is 17.5 Å². The van der Waals surface area contributed by atoms with Crippen LogP contribution in [0.5, 0.6) is 0 Å². The molecule has 21 heavy (non-hydrogen) atoms. The number of nitriles is 1. The summed E-state index contributed by atoms with van der Waals surface area (Å²) in [5, 5.41) is 8.68. The number of nitrogens with zero attached hydrogens (tertiary/aromatic N) is 1. The van der Waals surface area contributed by atoms with Crippen LogP contribution in [0.15, 0.2) is 24.3 Å². The minimum absolute atomic E-state index is 0.0940. The molecule has 0 aliphatic heterocycles. The lowest BCUT2D eigenvalue weighted by Gasteiger charge is -2.07. The Morgan fingerprint density at radius 2 is 1.90 bits per heavy atom. The Bertz CT molecular complexity index is 549. The van der Waals surface area contributed by atoms with Gasteiger partial charge in [-0.1, -0.05) is 12.1 Å². The van der Waals surface area contributed by atoms with E-state index in [0.29, 0.717) is 43.9 Å². The molecule has 0 aromatic heterocycles. The van der Waals surface area contributed by atoms with Gasteiger partial charge in [-0.15, -0.1) is 0 Å². The highest BCUT2D eigenvalue weighted by molar-refractivity contribution is 7.88. The monoisotopic (exact) mass is 312 g/mol. The Balaban J connectivity index is 2.28. The molecule has 0 bridgehead atoms. The summed E-state index contributed by atoms with van der Waals surface area (Å²) in [5.41, 5.74) is 1.16. The van der Waals surface area contributed by atoms with E-state index in [1.807, 2.05) is 6.07 Å². The van der Waals surface area contributed by atoms with E-state index >= 15 is 0 Å². The van der Waals surface area contributed by atoms with Gasteiger partial charge in [0.1, 0.15) is 0 Å². The SMILES string of the molecule is COCCOCCCNS(=O)(=O)Cc1ccc(C#N)cc1. The average molecular weight is 312 g/mol. The molecule has 1 aromatic carbocycles. The summed E-state index contributed by atoms with van der Waals surface area (Å²) in [7, 11) is -1.77. The fourth-order valence-corrected chi connectivity index (χ4v) is 2.78. The van der Waals surface area contributed by atoms with Crippen LogP contribution in [-0.4, -0.2) is 41.9 Å². The molecular weight excluding hydrogens is 292 g/mol. The third-order valence-corrected chi connectivity index (χ3v) is 4.02. The van der Waals surface area contributed by atoms with E-state index in [2.05, 4.69) is 4.72 Å². The van der Waals surface area contributed by atoms with Gasteiger partial charge in [0.15, 0.2) is 0 Å². The van der Waals surface area contributed by atoms with E-state index in [1.54, 1.807) is 31.4 Å². The van der Waals surface area contributed by atoms with Crippen LogP contribution in [0.25, 0.3) is 0 Å². The van der Waals surface area contributed by atoms with Crippen molar-refractivity contribution in [2.24, 2.45) is 0 Å². The first-order valence-corrected chi connectivity index (χ1v) is 8.25. The van der Waals surface area contributed by atoms with Crippen molar-refractivity contribution in [1.29, 1.82) is 5.26 Å². The molecule has 1 N–H and O–H groups in total. The number of sulfonamides is 1. The molecule has 7 heteroatoms. The Kier molecular flexibility index (Phi) is 7.93. The molecule has 0 aliphatic carbocycles. The number of hydrogen-bond donors (Lipinski definition) is 1. The molecule has 0 amide bonds. The van der Waals surface area contributed by atoms with Crippen molar-refractivity contribution in [1.82, 2.24) is 4.72 Å². The first-order valence-electron chi connectivity index (χ1n) is 6.60. The van der Waals surface area contributed by atoms with Crippen LogP contribution in [0.3, 0.4) is 0 Å². The van der Waals surface area contributed by atoms with Gasteiger partial charge < -0.3 is 9.47 Å². The van der Waals surface area contributed by atoms with Crippen LogP contribution in [0.2, 0.25) is 0 Å². The van der Waals surface area contributed by atoms with E-state index in [1.165, 1.54) is 0 Å². The number of hydrogen-bond acceptors (Lipinski definition) is 5. The first kappa shape index (κ1) is 17.6. The molecule has 0 spiro atoms. The smallest absolute Gasteiger partial charge is 0.215 e. The maximum absolute atomic E-state index is 11.9. The Morgan fingerprint density at radius 3 is 2.52 bits per heavy atom. The van der Waals surface area contributed by atoms with Gasteiger partial charge in [-0.25, -0.2) is 13.1 Å². The zero-order valence-corrected chi connectivity index (χ0v) is 12.9. The van der Waals surface area contributed by atoms with Crippen LogP contribution in [0, 0.1) is 11.3 Å². The molecule has 116 valence electrons. The van der Waals surface area contributed by atoms with Gasteiger partial charge in [-0.3, -0.25) is 0 Å². The van der Waals surface area contributed by atoms with Gasteiger partial charge in [-0.2, -0.15) is 5.26 Å². The number of benzene rings is 1. The van der Waals surface area contributed by atoms with Gasteiger partial charge >= 0.3 is 0 Å². The van der Waals surface area contributed by atoms with Crippen LogP contribution in [-0.2, 0) is 25.2 Å². The lowest BCUT2D eigenvalue weighted by Crippen LogP contribution is -2.27. The molecule has 1 rings (SSSR count). The largest absolute Gasteiger partial charge is 0.382 e. The molecule has 0 unspecified atom stereocenters. The summed E-state index contributed by atoms with van der Waals surface area (Å²) < 4.78 is 36.3. The van der Waals surface area contributed by atoms with Gasteiger partial charge in [0.05, 0.1) is 30.6 Å². The fraction of sp³-hybridized carbons (Fsp3) is 0.500. The third kappa shape index (κ3) is 7.78. The third-order valence-electron chi connectivity index (χ3n) is 2.66. The second-order valence-electron chi connectivity index (χ2n) is 4.42. The lowest BCUT2D eigenvalue weighted by atomic mass is 10.2.